The zero-order chi connectivity index (χ0) is 15.0. The molecule has 1 amide bonds. The molecule has 1 aliphatic rings. The number of nitrogens with zero attached hydrogens (tertiary/aromatic N) is 1. The summed E-state index contributed by atoms with van der Waals surface area (Å²) >= 11 is 0. The highest BCUT2D eigenvalue weighted by Gasteiger charge is 2.35. The van der Waals surface area contributed by atoms with E-state index in [0.29, 0.717) is 13.0 Å². The number of rotatable bonds is 8. The Morgan fingerprint density at radius 3 is 2.45 bits per heavy atom. The van der Waals surface area contributed by atoms with E-state index < -0.39 is 5.41 Å². The molecule has 1 fully saturated rings. The molecular weight excluding hydrogens is 262 g/mol. The lowest BCUT2D eigenvalue weighted by molar-refractivity contribution is -0.163. The summed E-state index contributed by atoms with van der Waals surface area (Å²) in [6, 6.07) is 0. The molecule has 0 N–H and O–H groups in total. The van der Waals surface area contributed by atoms with Crippen LogP contribution in [0.2, 0.25) is 0 Å². The van der Waals surface area contributed by atoms with E-state index in [1.165, 1.54) is 14.2 Å². The van der Waals surface area contributed by atoms with Crippen molar-refractivity contribution < 1.29 is 23.8 Å². The molecule has 0 spiro atoms. The topological polar surface area (TPSA) is 65.1 Å². The van der Waals surface area contributed by atoms with Crippen molar-refractivity contribution in [2.45, 2.75) is 26.2 Å². The van der Waals surface area contributed by atoms with E-state index in [4.69, 9.17) is 14.2 Å². The largest absolute Gasteiger partial charge is 0.463 e. The second-order valence-corrected chi connectivity index (χ2v) is 5.40. The highest BCUT2D eigenvalue weighted by molar-refractivity contribution is 5.77. The summed E-state index contributed by atoms with van der Waals surface area (Å²) in [5.74, 6) is -0.213. The maximum absolute atomic E-state index is 12.1. The summed E-state index contributed by atoms with van der Waals surface area (Å²) in [5.41, 5.74) is -0.810. The average molecular weight is 287 g/mol. The molecule has 6 nitrogen and oxygen atoms in total. The van der Waals surface area contributed by atoms with Crippen LogP contribution in [0.3, 0.4) is 0 Å². The van der Waals surface area contributed by atoms with Crippen molar-refractivity contribution in [3.8, 4) is 0 Å². The van der Waals surface area contributed by atoms with Crippen LogP contribution in [0, 0.1) is 5.41 Å². The van der Waals surface area contributed by atoms with Crippen molar-refractivity contribution in [3.05, 3.63) is 0 Å². The lowest BCUT2D eigenvalue weighted by Gasteiger charge is -2.28. The Morgan fingerprint density at radius 2 is 1.90 bits per heavy atom. The summed E-state index contributed by atoms with van der Waals surface area (Å²) in [7, 11) is 3.07. The Hall–Kier alpha value is -1.14. The van der Waals surface area contributed by atoms with Crippen LogP contribution in [0.1, 0.15) is 26.2 Å². The first-order chi connectivity index (χ1) is 9.53. The summed E-state index contributed by atoms with van der Waals surface area (Å²) in [6.07, 6.45) is 2.57. The third-order valence-electron chi connectivity index (χ3n) is 3.43. The molecule has 1 aliphatic heterocycles. The van der Waals surface area contributed by atoms with E-state index in [-0.39, 0.29) is 31.7 Å². The first-order valence-corrected chi connectivity index (χ1v) is 6.96. The second-order valence-electron chi connectivity index (χ2n) is 5.40. The van der Waals surface area contributed by atoms with E-state index in [1.54, 1.807) is 11.8 Å². The number of ether oxygens (including phenoxy) is 3. The Labute approximate surface area is 120 Å². The van der Waals surface area contributed by atoms with Crippen molar-refractivity contribution in [1.82, 2.24) is 4.90 Å². The van der Waals surface area contributed by atoms with Gasteiger partial charge >= 0.3 is 5.97 Å². The molecule has 0 saturated carbocycles. The van der Waals surface area contributed by atoms with Crippen LogP contribution in [-0.4, -0.2) is 63.9 Å². The average Bonchev–Trinajstić information content (AvgIpc) is 2.41. The quantitative estimate of drug-likeness (QED) is 0.619. The zero-order valence-electron chi connectivity index (χ0n) is 12.6. The minimum absolute atomic E-state index is 0.142. The Kier molecular flexibility index (Phi) is 6.95. The molecule has 1 heterocycles. The maximum atomic E-state index is 12.1. The van der Waals surface area contributed by atoms with Gasteiger partial charge in [0.15, 0.2) is 0 Å². The van der Waals surface area contributed by atoms with Crippen LogP contribution in [0.25, 0.3) is 0 Å². The van der Waals surface area contributed by atoms with Crippen molar-refractivity contribution in [2.24, 2.45) is 5.41 Å². The first-order valence-electron chi connectivity index (χ1n) is 6.96. The van der Waals surface area contributed by atoms with Gasteiger partial charge in [-0.1, -0.05) is 0 Å². The molecular formula is C14H25NO5. The molecule has 0 atom stereocenters. The Bertz CT molecular complexity index is 326. The molecule has 0 radical (unpaired) electrons. The van der Waals surface area contributed by atoms with Gasteiger partial charge in [-0.2, -0.15) is 0 Å². The minimum Gasteiger partial charge on any atom is -0.463 e. The molecule has 116 valence electrons. The van der Waals surface area contributed by atoms with Gasteiger partial charge in [0.2, 0.25) is 5.91 Å². The molecule has 1 rings (SSSR count). The van der Waals surface area contributed by atoms with Gasteiger partial charge in [0, 0.05) is 27.2 Å². The van der Waals surface area contributed by atoms with Crippen LogP contribution < -0.4 is 0 Å². The predicted octanol–water partition coefficient (Wildman–Crippen LogP) is 0.841. The number of amides is 1. The van der Waals surface area contributed by atoms with E-state index in [0.717, 1.165) is 19.4 Å². The van der Waals surface area contributed by atoms with Crippen LogP contribution in [-0.2, 0) is 23.8 Å². The molecule has 0 aliphatic carbocycles. The lowest BCUT2D eigenvalue weighted by Crippen LogP contribution is -2.41. The number of methoxy groups -OCH3 is 2. The van der Waals surface area contributed by atoms with Gasteiger partial charge in [-0.3, -0.25) is 9.59 Å². The van der Waals surface area contributed by atoms with Gasteiger partial charge in [-0.15, -0.1) is 0 Å². The zero-order valence-corrected chi connectivity index (χ0v) is 12.6. The minimum atomic E-state index is -0.810. The fraction of sp³-hybridized carbons (Fsp3) is 0.857. The highest BCUT2D eigenvalue weighted by Crippen LogP contribution is 2.19. The third kappa shape index (κ3) is 4.76. The van der Waals surface area contributed by atoms with E-state index >= 15 is 0 Å². The molecule has 20 heavy (non-hydrogen) atoms. The predicted molar refractivity (Wildman–Crippen MR) is 73.2 cm³/mol. The Balaban J connectivity index is 2.38. The number of piperidine rings is 1. The number of hydrogen-bond acceptors (Lipinski definition) is 5. The van der Waals surface area contributed by atoms with Gasteiger partial charge in [0.05, 0.1) is 19.8 Å². The van der Waals surface area contributed by atoms with Gasteiger partial charge in [0.25, 0.3) is 0 Å². The number of carbonyl (C=O) groups is 2. The molecule has 0 aromatic rings. The van der Waals surface area contributed by atoms with Crippen molar-refractivity contribution >= 4 is 11.9 Å². The monoisotopic (exact) mass is 287 g/mol. The number of likely N-dealkylation sites (tertiary alicyclic amines) is 1. The fourth-order valence-electron chi connectivity index (χ4n) is 2.32. The third-order valence-corrected chi connectivity index (χ3v) is 3.43. The highest BCUT2D eigenvalue weighted by atomic mass is 16.5. The number of hydrogen-bond donors (Lipinski definition) is 0. The van der Waals surface area contributed by atoms with Crippen molar-refractivity contribution in [1.29, 1.82) is 0 Å². The maximum Gasteiger partial charge on any atom is 0.316 e. The van der Waals surface area contributed by atoms with Crippen LogP contribution in [0.5, 0.6) is 0 Å². The SMILES string of the molecule is COCC(C)(COC)C(=O)OCCN1CCCCC1=O. The van der Waals surface area contributed by atoms with Gasteiger partial charge in [-0.05, 0) is 19.8 Å². The molecule has 0 bridgehead atoms. The first kappa shape index (κ1) is 16.9. The summed E-state index contributed by atoms with van der Waals surface area (Å²) in [4.78, 5) is 25.5. The normalized spacial score (nSPS) is 16.4. The van der Waals surface area contributed by atoms with Crippen LogP contribution in [0.15, 0.2) is 0 Å². The van der Waals surface area contributed by atoms with Gasteiger partial charge in [-0.25, -0.2) is 0 Å². The molecule has 0 aromatic heterocycles. The van der Waals surface area contributed by atoms with E-state index in [2.05, 4.69) is 0 Å². The lowest BCUT2D eigenvalue weighted by atomic mass is 9.93. The number of carbonyl (C=O) groups excluding carboxylic acids is 2. The van der Waals surface area contributed by atoms with Gasteiger partial charge < -0.3 is 19.1 Å². The summed E-state index contributed by atoms with van der Waals surface area (Å²) in [6.45, 7) is 3.65. The Morgan fingerprint density at radius 1 is 1.25 bits per heavy atom. The summed E-state index contributed by atoms with van der Waals surface area (Å²) in [5, 5.41) is 0. The van der Waals surface area contributed by atoms with Crippen LogP contribution in [0.4, 0.5) is 0 Å². The molecule has 0 aromatic carbocycles. The second kappa shape index (κ2) is 8.21. The number of esters is 1. The van der Waals surface area contributed by atoms with Crippen molar-refractivity contribution in [2.75, 3.05) is 47.1 Å². The van der Waals surface area contributed by atoms with Gasteiger partial charge in [0.1, 0.15) is 12.0 Å². The standard InChI is InChI=1S/C14H25NO5/c1-14(10-18-2,11-19-3)13(17)20-9-8-15-7-5-4-6-12(15)16/h4-11H2,1-3H3. The van der Waals surface area contributed by atoms with Crippen molar-refractivity contribution in [3.63, 3.8) is 0 Å². The smallest absolute Gasteiger partial charge is 0.316 e. The molecule has 6 heteroatoms. The molecule has 0 unspecified atom stereocenters. The van der Waals surface area contributed by atoms with E-state index in [9.17, 15) is 9.59 Å². The van der Waals surface area contributed by atoms with Crippen LogP contribution >= 0.6 is 0 Å². The molecule has 1 saturated heterocycles. The summed E-state index contributed by atoms with van der Waals surface area (Å²) < 4.78 is 15.4. The van der Waals surface area contributed by atoms with E-state index in [1.807, 2.05) is 0 Å². The fourth-order valence-corrected chi connectivity index (χ4v) is 2.32.